The third-order valence-corrected chi connectivity index (χ3v) is 22.3. The van der Waals surface area contributed by atoms with Crippen LogP contribution in [-0.4, -0.2) is 0 Å². The van der Waals surface area contributed by atoms with Gasteiger partial charge in [0, 0.05) is 51.4 Å². The van der Waals surface area contributed by atoms with Crippen molar-refractivity contribution in [3.05, 3.63) is 261 Å². The van der Waals surface area contributed by atoms with Gasteiger partial charge in [0.05, 0.1) is 5.41 Å². The summed E-state index contributed by atoms with van der Waals surface area (Å²) in [5, 5.41) is 9.89. The lowest BCUT2D eigenvalue weighted by Crippen LogP contribution is -2.31. The molecule has 11 rings (SSSR count). The van der Waals surface area contributed by atoms with Crippen molar-refractivity contribution < 1.29 is 0 Å². The van der Waals surface area contributed by atoms with Gasteiger partial charge in [-0.05, 0) is 151 Å². The predicted molar refractivity (Wildman–Crippen MR) is 373 cm³/mol. The highest BCUT2D eigenvalue weighted by atomic mass is 32.1. The fraction of sp³-hybridized carbons (Fsp3) is 0.213. The van der Waals surface area contributed by atoms with Gasteiger partial charge in [-0.25, -0.2) is 0 Å². The smallest absolute Gasteiger partial charge is 0.110 e. The van der Waals surface area contributed by atoms with Crippen molar-refractivity contribution in [3.8, 4) is 79.2 Å². The lowest BCUT2D eigenvalue weighted by Gasteiger charge is -2.37. The Morgan fingerprint density at radius 2 is 0.663 bits per heavy atom. The van der Waals surface area contributed by atoms with Gasteiger partial charge >= 0.3 is 0 Å². The molecule has 0 amide bonds. The van der Waals surface area contributed by atoms with Crippen molar-refractivity contribution in [1.82, 2.24) is 0 Å². The molecule has 1 nitrogen and oxygen atoms in total. The summed E-state index contributed by atoms with van der Waals surface area (Å²) < 4.78 is 0. The van der Waals surface area contributed by atoms with Gasteiger partial charge in [-0.15, -0.1) is 45.3 Å². The van der Waals surface area contributed by atoms with Crippen LogP contribution in [0.4, 0.5) is 0 Å². The molecule has 416 valence electrons. The molecule has 0 aliphatic heterocycles. The molecular weight excluding hydrogens is 1140 g/mol. The standard InChI is InChI=1S/C75H69NS7/c1-3-5-7-9-11-61-45-67(47-76)80-73(61)70-43-41-68(81-70)69-42-44-71(82-69)74-62(12-10-8-6-4-2)46-72(83-74)60-31-39-66(40-32-60)75(63-33-25-57(26-34-63)54-19-13-51(48-77)14-20-54,64-35-27-58(28-36-64)55-21-15-52(49-78)16-22-55)65-37-29-59(30-38-65)56-23-17-53(50-79)18-24-56/h13-46,77-79H,3-12,48-50H2,1-2H3. The fourth-order valence-corrected chi connectivity index (χ4v) is 16.8. The maximum atomic E-state index is 9.89. The van der Waals surface area contributed by atoms with E-state index in [2.05, 4.69) is 264 Å². The first kappa shape index (κ1) is 58.6. The molecule has 0 spiro atoms. The Hall–Kier alpha value is -6.12. The van der Waals surface area contributed by atoms with Crippen molar-refractivity contribution >= 4 is 83.2 Å². The van der Waals surface area contributed by atoms with E-state index in [9.17, 15) is 5.26 Å². The van der Waals surface area contributed by atoms with Crippen LogP contribution in [0.2, 0.25) is 0 Å². The maximum Gasteiger partial charge on any atom is 0.110 e. The number of rotatable bonds is 24. The molecule has 83 heavy (non-hydrogen) atoms. The normalized spacial score (nSPS) is 11.6. The van der Waals surface area contributed by atoms with Gasteiger partial charge in [-0.1, -0.05) is 222 Å². The van der Waals surface area contributed by atoms with Gasteiger partial charge < -0.3 is 0 Å². The molecule has 4 heterocycles. The molecule has 0 unspecified atom stereocenters. The van der Waals surface area contributed by atoms with Crippen LogP contribution in [0.3, 0.4) is 0 Å². The zero-order valence-electron chi connectivity index (χ0n) is 47.2. The summed E-state index contributed by atoms with van der Waals surface area (Å²) in [5.41, 5.74) is 18.8. The Bertz CT molecular complexity index is 3690. The number of thiophene rings is 4. The molecular formula is C75H69NS7. The molecule has 0 saturated heterocycles. The third-order valence-electron chi connectivity index (χ3n) is 16.2. The van der Waals surface area contributed by atoms with E-state index in [1.807, 2.05) is 34.0 Å². The third kappa shape index (κ3) is 13.1. The first-order valence-corrected chi connectivity index (χ1v) is 34.4. The molecule has 4 aromatic heterocycles. The van der Waals surface area contributed by atoms with E-state index < -0.39 is 5.41 Å². The van der Waals surface area contributed by atoms with Crippen LogP contribution in [0.25, 0.3) is 73.1 Å². The van der Waals surface area contributed by atoms with Crippen LogP contribution in [0, 0.1) is 11.3 Å². The maximum absolute atomic E-state index is 9.89. The summed E-state index contributed by atoms with van der Waals surface area (Å²) in [5.74, 6) is 2.14. The molecule has 0 radical (unpaired) electrons. The van der Waals surface area contributed by atoms with Gasteiger partial charge in [-0.3, -0.25) is 0 Å². The number of nitrogens with zero attached hydrogens (tertiary/aromatic N) is 1. The van der Waals surface area contributed by atoms with Gasteiger partial charge in [0.15, 0.2) is 0 Å². The second kappa shape index (κ2) is 27.7. The van der Waals surface area contributed by atoms with Gasteiger partial charge in [0.2, 0.25) is 0 Å². The van der Waals surface area contributed by atoms with E-state index in [0.717, 1.165) is 24.1 Å². The molecule has 0 bridgehead atoms. The van der Waals surface area contributed by atoms with Crippen LogP contribution in [0.15, 0.2) is 206 Å². The minimum absolute atomic E-state index is 0.687. The number of hydrogen-bond donors (Lipinski definition) is 3. The minimum Gasteiger partial charge on any atom is -0.192 e. The first-order chi connectivity index (χ1) is 40.8. The fourth-order valence-electron chi connectivity index (χ4n) is 11.5. The average molecular weight is 1210 g/mol. The Balaban J connectivity index is 0.992. The van der Waals surface area contributed by atoms with Crippen LogP contribution < -0.4 is 0 Å². The van der Waals surface area contributed by atoms with E-state index in [1.165, 1.54) is 168 Å². The van der Waals surface area contributed by atoms with Crippen molar-refractivity contribution in [1.29, 1.82) is 5.26 Å². The molecule has 0 fully saturated rings. The van der Waals surface area contributed by atoms with Crippen LogP contribution in [0.1, 0.15) is 120 Å². The molecule has 0 N–H and O–H groups in total. The summed E-state index contributed by atoms with van der Waals surface area (Å²) >= 11 is 21.0. The van der Waals surface area contributed by atoms with Crippen LogP contribution >= 0.6 is 83.2 Å². The van der Waals surface area contributed by atoms with E-state index in [-0.39, 0.29) is 0 Å². The van der Waals surface area contributed by atoms with Gasteiger partial charge in [-0.2, -0.15) is 43.1 Å². The molecule has 8 heteroatoms. The highest BCUT2D eigenvalue weighted by Gasteiger charge is 2.39. The molecule has 0 aliphatic carbocycles. The number of aryl methyl sites for hydroxylation is 2. The lowest BCUT2D eigenvalue weighted by atomic mass is 9.64. The van der Waals surface area contributed by atoms with E-state index in [1.54, 1.807) is 11.3 Å². The predicted octanol–water partition coefficient (Wildman–Crippen LogP) is 23.4. The lowest BCUT2D eigenvalue weighted by molar-refractivity contribution is 0.668. The van der Waals surface area contributed by atoms with Crippen molar-refractivity contribution in [2.75, 3.05) is 0 Å². The Labute approximate surface area is 525 Å². The highest BCUT2D eigenvalue weighted by Crippen LogP contribution is 2.50. The molecule has 0 saturated carbocycles. The summed E-state index contributed by atoms with van der Waals surface area (Å²) in [6.07, 6.45) is 11.8. The second-order valence-electron chi connectivity index (χ2n) is 21.6. The van der Waals surface area contributed by atoms with E-state index in [0.29, 0.717) is 17.3 Å². The van der Waals surface area contributed by atoms with Crippen molar-refractivity contribution in [2.45, 2.75) is 101 Å². The first-order valence-electron chi connectivity index (χ1n) is 29.2. The SMILES string of the molecule is CCCCCCc1cc(C#N)sc1-c1ccc(-c2ccc(-c3sc(-c4ccc(C(c5ccc(-c6ccc(CS)cc6)cc5)(c5ccc(-c6ccc(CS)cc6)cc5)c5ccc(-c6ccc(CS)cc6)cc5)cc4)cc3CCCCCC)s2)s1. The molecule has 0 atom stereocenters. The molecule has 11 aromatic rings. The summed E-state index contributed by atoms with van der Waals surface area (Å²) in [7, 11) is 0. The summed E-state index contributed by atoms with van der Waals surface area (Å²) in [4.78, 5) is 9.93. The summed E-state index contributed by atoms with van der Waals surface area (Å²) in [6, 6.07) is 80.1. The monoisotopic (exact) mass is 1210 g/mol. The van der Waals surface area contributed by atoms with Gasteiger partial charge in [0.25, 0.3) is 0 Å². The Kier molecular flexibility index (Phi) is 19.6. The average Bonchev–Trinajstić information content (AvgIpc) is 4.22. The van der Waals surface area contributed by atoms with Gasteiger partial charge in [0.1, 0.15) is 10.9 Å². The minimum atomic E-state index is -0.687. The number of thiol groups is 3. The Morgan fingerprint density at radius 1 is 0.337 bits per heavy atom. The molecule has 7 aromatic carbocycles. The zero-order valence-corrected chi connectivity index (χ0v) is 53.2. The number of benzene rings is 7. The van der Waals surface area contributed by atoms with Crippen LogP contribution in [0.5, 0.6) is 0 Å². The largest absolute Gasteiger partial charge is 0.192 e. The number of hydrogen-bond acceptors (Lipinski definition) is 8. The quantitative estimate of drug-likeness (QED) is 0.0313. The molecule has 0 aliphatic rings. The van der Waals surface area contributed by atoms with E-state index >= 15 is 0 Å². The number of unbranched alkanes of at least 4 members (excludes halogenated alkanes) is 6. The highest BCUT2D eigenvalue weighted by molar-refractivity contribution is 7.79. The van der Waals surface area contributed by atoms with E-state index in [4.69, 9.17) is 0 Å². The topological polar surface area (TPSA) is 23.8 Å². The second-order valence-corrected chi connectivity index (χ2v) is 26.8. The van der Waals surface area contributed by atoms with Crippen molar-refractivity contribution in [3.63, 3.8) is 0 Å². The van der Waals surface area contributed by atoms with Crippen LogP contribution in [-0.2, 0) is 35.5 Å². The number of nitriles is 1. The van der Waals surface area contributed by atoms with Crippen molar-refractivity contribution in [2.24, 2.45) is 0 Å². The zero-order chi connectivity index (χ0) is 57.1. The Morgan fingerprint density at radius 3 is 1.01 bits per heavy atom. The summed E-state index contributed by atoms with van der Waals surface area (Å²) in [6.45, 7) is 4.55.